The van der Waals surface area contributed by atoms with Gasteiger partial charge in [0.05, 0.1) is 0 Å². The first-order valence-electron chi connectivity index (χ1n) is 7.41. The van der Waals surface area contributed by atoms with E-state index in [0.29, 0.717) is 24.1 Å². The number of hydrogen-bond donors (Lipinski definition) is 2. The largest absolute Gasteiger partial charge is 0.481 e. The molecule has 3 N–H and O–H groups in total. The molecule has 0 radical (unpaired) electrons. The second-order valence-corrected chi connectivity index (χ2v) is 5.53. The summed E-state index contributed by atoms with van der Waals surface area (Å²) in [4.78, 5) is 36.4. The van der Waals surface area contributed by atoms with Gasteiger partial charge in [0.25, 0.3) is 5.91 Å². The van der Waals surface area contributed by atoms with Gasteiger partial charge in [-0.15, -0.1) is 0 Å². The maximum atomic E-state index is 12.7. The van der Waals surface area contributed by atoms with Crippen molar-refractivity contribution < 1.29 is 19.5 Å². The summed E-state index contributed by atoms with van der Waals surface area (Å²) in [5.41, 5.74) is 5.95. The molecule has 6 nitrogen and oxygen atoms in total. The number of nitrogens with zero attached hydrogens (tertiary/aromatic N) is 1. The van der Waals surface area contributed by atoms with Crippen LogP contribution >= 0.6 is 0 Å². The van der Waals surface area contributed by atoms with Crippen LogP contribution in [-0.2, 0) is 4.79 Å². The molecule has 1 aromatic rings. The van der Waals surface area contributed by atoms with Crippen LogP contribution in [0.5, 0.6) is 0 Å². The van der Waals surface area contributed by atoms with E-state index in [4.69, 9.17) is 10.8 Å². The minimum absolute atomic E-state index is 0.0514. The average molecular weight is 304 g/mol. The van der Waals surface area contributed by atoms with E-state index in [1.54, 1.807) is 23.1 Å². The summed E-state index contributed by atoms with van der Waals surface area (Å²) in [7, 11) is 0. The number of likely N-dealkylation sites (tertiary alicyclic amines) is 1. The number of carboxylic acids is 1. The molecule has 0 saturated carbocycles. The van der Waals surface area contributed by atoms with Gasteiger partial charge >= 0.3 is 5.97 Å². The van der Waals surface area contributed by atoms with E-state index in [-0.39, 0.29) is 18.4 Å². The predicted molar refractivity (Wildman–Crippen MR) is 80.5 cm³/mol. The molecule has 0 bridgehead atoms. The number of carbonyl (C=O) groups excluding carboxylic acids is 2. The Balaban J connectivity index is 2.16. The Bertz CT molecular complexity index is 585. The molecule has 0 spiro atoms. The zero-order chi connectivity index (χ0) is 16.1. The standard InChI is InChI=1S/C16H20N2O4/c17-15(21)11-4-3-5-12(10-11)16(22)18-9-2-1-6-13(18)7-8-14(19)20/h3-5,10,13H,1-2,6-9H2,(H2,17,21)(H,19,20)/t13-/m0/s1. The highest BCUT2D eigenvalue weighted by atomic mass is 16.4. The van der Waals surface area contributed by atoms with Gasteiger partial charge in [-0.3, -0.25) is 14.4 Å². The first kappa shape index (κ1) is 16.0. The number of primary amides is 1. The van der Waals surface area contributed by atoms with Gasteiger partial charge in [0.15, 0.2) is 0 Å². The molecule has 22 heavy (non-hydrogen) atoms. The van der Waals surface area contributed by atoms with Gasteiger partial charge in [-0.25, -0.2) is 0 Å². The van der Waals surface area contributed by atoms with Gasteiger partial charge in [0.1, 0.15) is 0 Å². The van der Waals surface area contributed by atoms with Crippen molar-refractivity contribution in [2.24, 2.45) is 5.73 Å². The lowest BCUT2D eigenvalue weighted by atomic mass is 9.96. The minimum atomic E-state index is -0.853. The second-order valence-electron chi connectivity index (χ2n) is 5.53. The number of piperidine rings is 1. The third kappa shape index (κ3) is 3.84. The summed E-state index contributed by atoms with van der Waals surface area (Å²) in [5.74, 6) is -1.59. The average Bonchev–Trinajstić information content (AvgIpc) is 2.52. The molecule has 1 aliphatic heterocycles. The predicted octanol–water partition coefficient (Wildman–Crippen LogP) is 1.65. The molecule has 1 heterocycles. The molecule has 1 saturated heterocycles. The number of hydrogen-bond acceptors (Lipinski definition) is 3. The Morgan fingerprint density at radius 2 is 1.95 bits per heavy atom. The zero-order valence-corrected chi connectivity index (χ0v) is 12.3. The molecule has 0 aliphatic carbocycles. The first-order chi connectivity index (χ1) is 10.5. The maximum absolute atomic E-state index is 12.7. The van der Waals surface area contributed by atoms with Crippen LogP contribution < -0.4 is 5.73 Å². The van der Waals surface area contributed by atoms with E-state index >= 15 is 0 Å². The number of carbonyl (C=O) groups is 3. The van der Waals surface area contributed by atoms with Crippen LogP contribution in [0.1, 0.15) is 52.8 Å². The molecule has 1 aliphatic rings. The molecule has 1 aromatic carbocycles. The van der Waals surface area contributed by atoms with Crippen molar-refractivity contribution in [1.29, 1.82) is 0 Å². The van der Waals surface area contributed by atoms with E-state index in [1.807, 2.05) is 0 Å². The third-order valence-electron chi connectivity index (χ3n) is 3.97. The van der Waals surface area contributed by atoms with Crippen LogP contribution in [-0.4, -0.2) is 40.4 Å². The van der Waals surface area contributed by atoms with Crippen LogP contribution in [0.15, 0.2) is 24.3 Å². The molecule has 1 fully saturated rings. The molecule has 118 valence electrons. The highest BCUT2D eigenvalue weighted by molar-refractivity contribution is 5.99. The van der Waals surface area contributed by atoms with Crippen LogP contribution in [0.3, 0.4) is 0 Å². The summed E-state index contributed by atoms with van der Waals surface area (Å²) >= 11 is 0. The zero-order valence-electron chi connectivity index (χ0n) is 12.3. The second kappa shape index (κ2) is 7.06. The molecule has 0 unspecified atom stereocenters. The minimum Gasteiger partial charge on any atom is -0.481 e. The van der Waals surface area contributed by atoms with Crippen molar-refractivity contribution in [3.63, 3.8) is 0 Å². The molecule has 2 amide bonds. The molecular formula is C16H20N2O4. The van der Waals surface area contributed by atoms with Gasteiger partial charge in [-0.1, -0.05) is 6.07 Å². The van der Waals surface area contributed by atoms with Crippen molar-refractivity contribution in [2.45, 2.75) is 38.1 Å². The topological polar surface area (TPSA) is 101 Å². The van der Waals surface area contributed by atoms with Crippen molar-refractivity contribution in [3.8, 4) is 0 Å². The lowest BCUT2D eigenvalue weighted by molar-refractivity contribution is -0.137. The molecule has 6 heteroatoms. The lowest BCUT2D eigenvalue weighted by Crippen LogP contribution is -2.44. The van der Waals surface area contributed by atoms with E-state index in [1.165, 1.54) is 6.07 Å². The van der Waals surface area contributed by atoms with Gasteiger partial charge in [-0.05, 0) is 43.9 Å². The Morgan fingerprint density at radius 3 is 2.64 bits per heavy atom. The van der Waals surface area contributed by atoms with Crippen LogP contribution in [0.4, 0.5) is 0 Å². The van der Waals surface area contributed by atoms with E-state index in [0.717, 1.165) is 19.3 Å². The van der Waals surface area contributed by atoms with E-state index in [2.05, 4.69) is 0 Å². The summed E-state index contributed by atoms with van der Waals surface area (Å²) < 4.78 is 0. The monoisotopic (exact) mass is 304 g/mol. The number of amides is 2. The third-order valence-corrected chi connectivity index (χ3v) is 3.97. The first-order valence-corrected chi connectivity index (χ1v) is 7.41. The van der Waals surface area contributed by atoms with E-state index in [9.17, 15) is 14.4 Å². The van der Waals surface area contributed by atoms with Crippen molar-refractivity contribution in [2.75, 3.05) is 6.54 Å². The Labute approximate surface area is 128 Å². The molecule has 2 rings (SSSR count). The lowest BCUT2D eigenvalue weighted by Gasteiger charge is -2.35. The van der Waals surface area contributed by atoms with E-state index < -0.39 is 11.9 Å². The summed E-state index contributed by atoms with van der Waals surface area (Å²) in [6.45, 7) is 0.615. The van der Waals surface area contributed by atoms with Crippen molar-refractivity contribution in [3.05, 3.63) is 35.4 Å². The fourth-order valence-electron chi connectivity index (χ4n) is 2.83. The van der Waals surface area contributed by atoms with Gasteiger partial charge < -0.3 is 15.7 Å². The van der Waals surface area contributed by atoms with Crippen LogP contribution in [0, 0.1) is 0 Å². The van der Waals surface area contributed by atoms with Crippen LogP contribution in [0.25, 0.3) is 0 Å². The number of aliphatic carboxylic acids is 1. The highest BCUT2D eigenvalue weighted by Gasteiger charge is 2.28. The Hall–Kier alpha value is -2.37. The molecule has 1 atom stereocenters. The number of nitrogens with two attached hydrogens (primary N) is 1. The Kier molecular flexibility index (Phi) is 5.14. The SMILES string of the molecule is NC(=O)c1cccc(C(=O)N2CCCC[C@H]2CCC(=O)O)c1. The number of rotatable bonds is 5. The van der Waals surface area contributed by atoms with Gasteiger partial charge in [-0.2, -0.15) is 0 Å². The fraction of sp³-hybridized carbons (Fsp3) is 0.438. The van der Waals surface area contributed by atoms with Gasteiger partial charge in [0, 0.05) is 30.1 Å². The summed E-state index contributed by atoms with van der Waals surface area (Å²) in [6, 6.07) is 6.28. The maximum Gasteiger partial charge on any atom is 0.303 e. The van der Waals surface area contributed by atoms with Crippen molar-refractivity contribution >= 4 is 17.8 Å². The molecular weight excluding hydrogens is 284 g/mol. The quantitative estimate of drug-likeness (QED) is 0.863. The number of carboxylic acid groups (broad SMARTS) is 1. The number of benzene rings is 1. The fourth-order valence-corrected chi connectivity index (χ4v) is 2.83. The summed E-state index contributed by atoms with van der Waals surface area (Å²) in [5, 5.41) is 8.83. The Morgan fingerprint density at radius 1 is 1.23 bits per heavy atom. The highest BCUT2D eigenvalue weighted by Crippen LogP contribution is 2.23. The van der Waals surface area contributed by atoms with Crippen molar-refractivity contribution in [1.82, 2.24) is 4.90 Å². The smallest absolute Gasteiger partial charge is 0.303 e. The normalized spacial score (nSPS) is 18.0. The summed E-state index contributed by atoms with van der Waals surface area (Å²) in [6.07, 6.45) is 3.22. The van der Waals surface area contributed by atoms with Gasteiger partial charge in [0.2, 0.25) is 5.91 Å². The van der Waals surface area contributed by atoms with Crippen LogP contribution in [0.2, 0.25) is 0 Å². The molecule has 0 aromatic heterocycles.